The van der Waals surface area contributed by atoms with Gasteiger partial charge in [-0.25, -0.2) is 24.9 Å². The average Bonchev–Trinajstić information content (AvgIpc) is 1.60. The van der Waals surface area contributed by atoms with Crippen LogP contribution in [0, 0.1) is 23.7 Å². The van der Waals surface area contributed by atoms with E-state index in [-0.39, 0.29) is 46.5 Å². The van der Waals surface area contributed by atoms with E-state index in [0.717, 1.165) is 213 Å². The van der Waals surface area contributed by atoms with E-state index in [2.05, 4.69) is 284 Å². The molecule has 17 nitrogen and oxygen atoms in total. The van der Waals surface area contributed by atoms with Gasteiger partial charge in [-0.1, -0.05) is 310 Å². The molecule has 0 amide bonds. The third kappa shape index (κ3) is 26.8. The average molecular weight is 1790 g/mol. The summed E-state index contributed by atoms with van der Waals surface area (Å²) < 4.78 is 24.1. The van der Waals surface area contributed by atoms with Crippen LogP contribution in [0.15, 0.2) is 223 Å². The molecule has 0 aliphatic heterocycles. The Morgan fingerprint density at radius 3 is 1.30 bits per heavy atom. The zero-order chi connectivity index (χ0) is 92.9. The molecule has 3 N–H and O–H groups in total. The normalized spacial score (nSPS) is 12.5. The maximum Gasteiger partial charge on any atom is 0.312 e. The van der Waals surface area contributed by atoms with Gasteiger partial charge in [0.2, 0.25) is 0 Å². The van der Waals surface area contributed by atoms with Crippen molar-refractivity contribution in [3.63, 3.8) is 0 Å². The molecule has 9 aromatic carbocycles. The highest BCUT2D eigenvalue weighted by atomic mass is 32.2. The lowest BCUT2D eigenvalue weighted by Gasteiger charge is -2.25. The molecule has 1 fully saturated rings. The Balaban J connectivity index is 0.000000160. The van der Waals surface area contributed by atoms with Gasteiger partial charge in [-0.3, -0.25) is 19.4 Å². The second-order valence-corrected chi connectivity index (χ2v) is 41.3. The number of thioether (sulfide) groups is 1. The van der Waals surface area contributed by atoms with E-state index in [1.807, 2.05) is 60.3 Å². The molecule has 1 aliphatic rings. The van der Waals surface area contributed by atoms with Crippen LogP contribution in [0.2, 0.25) is 0 Å². The van der Waals surface area contributed by atoms with Crippen LogP contribution in [0.5, 0.6) is 0 Å². The molecule has 0 atom stereocenters. The Morgan fingerprint density at radius 1 is 0.417 bits per heavy atom. The van der Waals surface area contributed by atoms with Gasteiger partial charge < -0.3 is 39.0 Å². The van der Waals surface area contributed by atoms with E-state index in [1.54, 1.807) is 0 Å². The zero-order valence-electron chi connectivity index (χ0n) is 80.1. The molecule has 1 saturated carbocycles. The first-order valence-electron chi connectivity index (χ1n) is 48.0. The first-order valence-corrected chi connectivity index (χ1v) is 48.9. The van der Waals surface area contributed by atoms with Gasteiger partial charge in [0.1, 0.15) is 53.8 Å². The molecule has 1 aliphatic carbocycles. The number of esters is 3. The van der Waals surface area contributed by atoms with Crippen LogP contribution in [0.4, 0.5) is 5.82 Å². The number of pyridine rings is 3. The van der Waals surface area contributed by atoms with Crippen molar-refractivity contribution < 1.29 is 28.6 Å². The summed E-state index contributed by atoms with van der Waals surface area (Å²) in [6.07, 6.45) is 18.8. The van der Waals surface area contributed by atoms with Gasteiger partial charge in [0.15, 0.2) is 5.82 Å². The Kier molecular flexibility index (Phi) is 32.8. The summed E-state index contributed by atoms with van der Waals surface area (Å²) in [5.74, 6) is 3.94. The van der Waals surface area contributed by atoms with Crippen molar-refractivity contribution in [2.75, 3.05) is 12.3 Å². The van der Waals surface area contributed by atoms with Crippen LogP contribution in [0.3, 0.4) is 0 Å². The van der Waals surface area contributed by atoms with Crippen LogP contribution in [0.25, 0.3) is 65.8 Å². The number of para-hydroxylation sites is 3. The number of nitrogens with two attached hydrogens (primary N) is 1. The molecular weight excluding hydrogens is 1650 g/mol. The van der Waals surface area contributed by atoms with Crippen molar-refractivity contribution in [3.05, 3.63) is 308 Å². The molecule has 0 spiro atoms. The number of unbranched alkanes of at least 4 members (excludes halogenated alkanes) is 3. The van der Waals surface area contributed by atoms with Crippen molar-refractivity contribution in [2.45, 2.75) is 274 Å². The number of anilines is 1. The maximum absolute atomic E-state index is 13.2. The van der Waals surface area contributed by atoms with Crippen molar-refractivity contribution in [1.29, 1.82) is 0 Å². The van der Waals surface area contributed by atoms with Crippen molar-refractivity contribution in [3.8, 4) is 0 Å². The number of carbonyl (C=O) groups is 3. The fourth-order valence-electron chi connectivity index (χ4n) is 17.5. The molecule has 18 heteroatoms. The lowest BCUT2D eigenvalue weighted by Crippen LogP contribution is -2.21. The van der Waals surface area contributed by atoms with Crippen LogP contribution in [-0.4, -0.2) is 72.8 Å². The number of nitrogen functional groups attached to an aromatic ring is 1. The standard InChI is InChI=1S/C41H50N4O2S.C37H43N3O2.C36H42N4O2/c1-5-6-14-37-44-39-36(25-38(46)47-28-32-19-21-33(22-20-32)48-41(2,3)4)43-35-13-8-7-12-34(35)40(39)45(37)27-31-17-15-30(16-18-31)26-42-24-23-29-10-9-11-29;1-6-7-15-33-39-35-26(2)38-32-14-9-8-13-31(32)36(35)40(33)24-30-12-10-11-27(22-30)20-21-34(41)42-25-29-18-16-28(17-19-29)23-37(3,4)5;1-5-6-11-31-39-33-34(29-9-7-8-10-30(29)38-35(33)37)40(31)23-27-16-12-25(13-17-27)20-21-32(41)42-24-28-18-14-26(15-19-28)22-36(2,3)4/h7-8,12-13,15-22,29,42H,5-6,9-11,14,23-28H2,1-4H3;8-14,16-19,22H,6-7,15,20-21,23-25H2,1-5H3;7-10,12-19H,5-6,11,20-24H2,1-4H3,(H2,37,38). The number of benzene rings is 9. The van der Waals surface area contributed by atoms with E-state index in [9.17, 15) is 14.4 Å². The van der Waals surface area contributed by atoms with Crippen LogP contribution >= 0.6 is 11.8 Å². The largest absolute Gasteiger partial charge is 0.461 e. The molecule has 6 heterocycles. The van der Waals surface area contributed by atoms with E-state index in [0.29, 0.717) is 63.5 Å². The van der Waals surface area contributed by atoms with Crippen LogP contribution in [0.1, 0.15) is 250 Å². The molecule has 132 heavy (non-hydrogen) atoms. The molecule has 0 bridgehead atoms. The smallest absolute Gasteiger partial charge is 0.312 e. The Morgan fingerprint density at radius 2 is 0.818 bits per heavy atom. The molecular formula is C114H135N11O6S. The number of fused-ring (bicyclic) bond motifs is 9. The highest BCUT2D eigenvalue weighted by Crippen LogP contribution is 2.37. The Labute approximate surface area is 785 Å². The topological polar surface area (TPSA) is 209 Å². The number of carbonyl (C=O) groups excluding carboxylic acids is 3. The van der Waals surface area contributed by atoms with Gasteiger partial charge >= 0.3 is 17.9 Å². The highest BCUT2D eigenvalue weighted by molar-refractivity contribution is 8.00. The van der Waals surface area contributed by atoms with E-state index >= 15 is 0 Å². The van der Waals surface area contributed by atoms with E-state index < -0.39 is 0 Å². The monoisotopic (exact) mass is 1790 g/mol. The number of nitrogens with one attached hydrogen (secondary N) is 1. The first-order chi connectivity index (χ1) is 63.6. The summed E-state index contributed by atoms with van der Waals surface area (Å²) in [7, 11) is 0. The second kappa shape index (κ2) is 45.0. The predicted octanol–water partition coefficient (Wildman–Crippen LogP) is 25.8. The third-order valence-electron chi connectivity index (χ3n) is 24.5. The molecule has 0 saturated heterocycles. The molecule has 0 unspecified atom stereocenters. The van der Waals surface area contributed by atoms with E-state index in [4.69, 9.17) is 44.9 Å². The number of imidazole rings is 3. The molecule has 15 aromatic rings. The fraction of sp³-hybridized carbons (Fsp3) is 0.395. The predicted molar refractivity (Wildman–Crippen MR) is 541 cm³/mol. The Hall–Kier alpha value is -11.9. The van der Waals surface area contributed by atoms with Gasteiger partial charge in [-0.15, -0.1) is 11.8 Å². The summed E-state index contributed by atoms with van der Waals surface area (Å²) in [5.41, 5.74) is 29.8. The SMILES string of the molecule is CCCCc1nc2c(C)nc3ccccc3c2n1Cc1cccc(CCC(=O)OCc2ccc(CC(C)(C)C)cc2)c1.CCCCc1nc2c(CC(=O)OCc3ccc(SC(C)(C)C)cc3)nc3ccccc3c2n1Cc1ccc(CNCCC2CCC2)cc1.CCCCc1nc2c(N)nc3ccccc3c2n1Cc1ccc(CCC(=O)OCc2ccc(CC(C)(C)C)cc2)cc1. The fourth-order valence-corrected chi connectivity index (χ4v) is 18.4. The van der Waals surface area contributed by atoms with Gasteiger partial charge in [0, 0.05) is 84.1 Å². The zero-order valence-corrected chi connectivity index (χ0v) is 80.9. The number of rotatable bonds is 37. The van der Waals surface area contributed by atoms with Gasteiger partial charge in [0.25, 0.3) is 0 Å². The van der Waals surface area contributed by atoms with Crippen molar-refractivity contribution >= 4 is 101 Å². The number of nitrogens with zero attached hydrogens (tertiary/aromatic N) is 9. The summed E-state index contributed by atoms with van der Waals surface area (Å²) in [5, 5.41) is 6.89. The molecule has 0 radical (unpaired) electrons. The molecule has 688 valence electrons. The van der Waals surface area contributed by atoms with E-state index in [1.165, 1.54) is 64.0 Å². The number of aryl methyl sites for hydroxylation is 6. The van der Waals surface area contributed by atoms with Crippen molar-refractivity contribution in [2.24, 2.45) is 16.7 Å². The minimum Gasteiger partial charge on any atom is -0.461 e. The quantitative estimate of drug-likeness (QED) is 0.0161. The summed E-state index contributed by atoms with van der Waals surface area (Å²) in [4.78, 5) is 69.1. The maximum atomic E-state index is 13.2. The number of hydrogen-bond donors (Lipinski definition) is 2. The highest BCUT2D eigenvalue weighted by Gasteiger charge is 2.26. The minimum absolute atomic E-state index is 0.0754. The number of hydrogen-bond acceptors (Lipinski definition) is 15. The second-order valence-electron chi connectivity index (χ2n) is 39.4. The van der Waals surface area contributed by atoms with Gasteiger partial charge in [-0.05, 0) is 173 Å². The van der Waals surface area contributed by atoms with Gasteiger partial charge in [-0.2, -0.15) is 0 Å². The van der Waals surface area contributed by atoms with Crippen molar-refractivity contribution in [1.82, 2.24) is 48.9 Å². The van der Waals surface area contributed by atoms with Crippen LogP contribution in [-0.2, 0) is 126 Å². The Bertz CT molecular complexity index is 6390. The lowest BCUT2D eigenvalue weighted by molar-refractivity contribution is -0.145. The molecule has 6 aromatic heterocycles. The van der Waals surface area contributed by atoms with Gasteiger partial charge in [0.05, 0.1) is 50.9 Å². The summed E-state index contributed by atoms with van der Waals surface area (Å²) in [6, 6.07) is 75.7. The van der Waals surface area contributed by atoms with Crippen LogP contribution < -0.4 is 11.1 Å². The number of aromatic nitrogens is 9. The molecule has 16 rings (SSSR count). The summed E-state index contributed by atoms with van der Waals surface area (Å²) >= 11 is 1.83. The summed E-state index contributed by atoms with van der Waals surface area (Å²) in [6.45, 7) is 33.7. The lowest BCUT2D eigenvalue weighted by atomic mass is 9.83. The number of ether oxygens (including phenoxy) is 3. The third-order valence-corrected chi connectivity index (χ3v) is 25.6. The minimum atomic E-state index is -0.297. The first kappa shape index (κ1) is 96.2.